The van der Waals surface area contributed by atoms with Crippen LogP contribution in [-0.2, 0) is 11.2 Å². The van der Waals surface area contributed by atoms with Gasteiger partial charge in [0.25, 0.3) is 0 Å². The molecule has 0 spiro atoms. The summed E-state index contributed by atoms with van der Waals surface area (Å²) in [5.41, 5.74) is 1.76. The fraction of sp³-hybridized carbons (Fsp3) is 0.500. The van der Waals surface area contributed by atoms with Crippen LogP contribution in [0.5, 0.6) is 0 Å². The highest BCUT2D eigenvalue weighted by Crippen LogP contribution is 2.20. The third kappa shape index (κ3) is 17.0. The molecule has 2 rings (SSSR count). The number of carboxylic acids is 1. The van der Waals surface area contributed by atoms with Gasteiger partial charge in [-0.2, -0.15) is 0 Å². The van der Waals surface area contributed by atoms with E-state index in [2.05, 4.69) is 4.98 Å². The Kier molecular flexibility index (Phi) is 34.5. The van der Waals surface area contributed by atoms with Crippen molar-refractivity contribution >= 4 is 5.97 Å². The summed E-state index contributed by atoms with van der Waals surface area (Å²) in [6.07, 6.45) is 3.86. The van der Waals surface area contributed by atoms with Gasteiger partial charge in [0, 0.05) is 12.4 Å². The maximum atomic E-state index is 11.3. The molecule has 2 aromatic rings. The minimum atomic E-state index is -0.806. The predicted molar refractivity (Wildman–Crippen MR) is 121 cm³/mol. The van der Waals surface area contributed by atoms with Crippen LogP contribution in [0.1, 0.15) is 86.3 Å². The van der Waals surface area contributed by atoms with Crippen LogP contribution in [0.2, 0.25) is 0 Å². The van der Waals surface area contributed by atoms with Crippen molar-refractivity contribution in [2.24, 2.45) is 0 Å². The van der Waals surface area contributed by atoms with Gasteiger partial charge in [0.15, 0.2) is 0 Å². The molecule has 0 saturated heterocycles. The quantitative estimate of drug-likeness (QED) is 0.596. The van der Waals surface area contributed by atoms with Gasteiger partial charge in [-0.05, 0) is 23.6 Å². The lowest BCUT2D eigenvalue weighted by Crippen LogP contribution is -2.14. The summed E-state index contributed by atoms with van der Waals surface area (Å²) in [7, 11) is 0. The van der Waals surface area contributed by atoms with E-state index in [9.17, 15) is 9.90 Å². The summed E-state index contributed by atoms with van der Waals surface area (Å²) in [5.74, 6) is -1.32. The number of nitrogens with zero attached hydrogens (tertiary/aromatic N) is 1. The highest BCUT2D eigenvalue weighted by atomic mass is 16.4. The number of rotatable bonds is 4. The molecule has 0 aliphatic rings. The Morgan fingerprint density at radius 3 is 1.67 bits per heavy atom. The lowest BCUT2D eigenvalue weighted by molar-refractivity contribution is -0.138. The summed E-state index contributed by atoms with van der Waals surface area (Å²) >= 11 is 0. The van der Waals surface area contributed by atoms with Crippen LogP contribution >= 0.6 is 0 Å². The molecule has 0 fully saturated rings. The van der Waals surface area contributed by atoms with E-state index in [0.29, 0.717) is 6.42 Å². The molecule has 0 bridgehead atoms. The number of hydrogen-bond donors (Lipinski definition) is 1. The third-order valence-corrected chi connectivity index (χ3v) is 2.66. The average molecular weight is 378 g/mol. The van der Waals surface area contributed by atoms with Gasteiger partial charge in [-0.3, -0.25) is 9.78 Å². The largest absolute Gasteiger partial charge is 0.481 e. The second-order valence-electron chi connectivity index (χ2n) is 3.87. The van der Waals surface area contributed by atoms with E-state index in [0.717, 1.165) is 11.1 Å². The first-order chi connectivity index (χ1) is 13.3. The van der Waals surface area contributed by atoms with E-state index in [4.69, 9.17) is 0 Å². The van der Waals surface area contributed by atoms with Crippen molar-refractivity contribution < 1.29 is 9.90 Å². The van der Waals surface area contributed by atoms with Gasteiger partial charge in [0.1, 0.15) is 0 Å². The molecule has 3 heteroatoms. The zero-order valence-electron chi connectivity index (χ0n) is 19.3. The number of carbonyl (C=O) groups is 1. The molecule has 1 aromatic carbocycles. The summed E-state index contributed by atoms with van der Waals surface area (Å²) in [4.78, 5) is 15.3. The Labute approximate surface area is 168 Å². The number of hydrogen-bond acceptors (Lipinski definition) is 2. The van der Waals surface area contributed by atoms with Gasteiger partial charge in [-0.1, -0.05) is 106 Å². The molecule has 0 amide bonds. The van der Waals surface area contributed by atoms with Crippen molar-refractivity contribution in [2.45, 2.75) is 81.6 Å². The van der Waals surface area contributed by atoms with Crippen LogP contribution < -0.4 is 0 Å². The van der Waals surface area contributed by atoms with Crippen molar-refractivity contribution in [1.29, 1.82) is 0 Å². The lowest BCUT2D eigenvalue weighted by atomic mass is 9.93. The van der Waals surface area contributed by atoms with Crippen LogP contribution in [0, 0.1) is 0 Å². The van der Waals surface area contributed by atoms with Gasteiger partial charge in [0.05, 0.1) is 5.92 Å². The van der Waals surface area contributed by atoms with Gasteiger partial charge in [-0.25, -0.2) is 0 Å². The molecule has 156 valence electrons. The molecule has 1 heterocycles. The normalized spacial score (nSPS) is 8.67. The molecule has 1 aromatic heterocycles. The lowest BCUT2D eigenvalue weighted by Gasteiger charge is -2.12. The van der Waals surface area contributed by atoms with Crippen molar-refractivity contribution in [3.8, 4) is 0 Å². The van der Waals surface area contributed by atoms with E-state index in [1.54, 1.807) is 12.4 Å². The van der Waals surface area contributed by atoms with Gasteiger partial charge < -0.3 is 5.11 Å². The molecule has 27 heavy (non-hydrogen) atoms. The molecule has 0 aliphatic heterocycles. The summed E-state index contributed by atoms with van der Waals surface area (Å²) in [6.45, 7) is 20.0. The molecule has 0 saturated carbocycles. The zero-order chi connectivity index (χ0) is 22.1. The second kappa shape index (κ2) is 28.6. The highest BCUT2D eigenvalue weighted by Gasteiger charge is 2.19. The van der Waals surface area contributed by atoms with Crippen molar-refractivity contribution in [1.82, 2.24) is 4.98 Å². The summed E-state index contributed by atoms with van der Waals surface area (Å²) in [5, 5.41) is 9.27. The molecular weight excluding hydrogens is 334 g/mol. The van der Waals surface area contributed by atoms with Crippen LogP contribution in [0.15, 0.2) is 54.9 Å². The number of aromatic nitrogens is 1. The summed E-state index contributed by atoms with van der Waals surface area (Å²) in [6, 6.07) is 13.0. The SMILES string of the molecule is CC.CC.CC.CC.CC.O=C(O)C(Cc1cccnc1)c1ccccc1. The topological polar surface area (TPSA) is 50.2 Å². The Morgan fingerprint density at radius 1 is 0.815 bits per heavy atom. The first-order valence-electron chi connectivity index (χ1n) is 10.4. The first-order valence-corrected chi connectivity index (χ1v) is 10.4. The number of carboxylic acid groups (broad SMARTS) is 1. The van der Waals surface area contributed by atoms with Crippen molar-refractivity contribution in [3.63, 3.8) is 0 Å². The van der Waals surface area contributed by atoms with Crippen LogP contribution in [0.3, 0.4) is 0 Å². The molecule has 1 unspecified atom stereocenters. The number of aliphatic carboxylic acids is 1. The molecular formula is C24H43NO2. The second-order valence-corrected chi connectivity index (χ2v) is 3.87. The average Bonchev–Trinajstić information content (AvgIpc) is 2.80. The zero-order valence-corrected chi connectivity index (χ0v) is 19.3. The van der Waals surface area contributed by atoms with Gasteiger partial charge in [-0.15, -0.1) is 0 Å². The maximum absolute atomic E-state index is 11.3. The minimum Gasteiger partial charge on any atom is -0.481 e. The Balaban J connectivity index is -0.000000230. The van der Waals surface area contributed by atoms with Crippen molar-refractivity contribution in [2.75, 3.05) is 0 Å². The maximum Gasteiger partial charge on any atom is 0.311 e. The number of benzene rings is 1. The van der Waals surface area contributed by atoms with Gasteiger partial charge in [0.2, 0.25) is 0 Å². The smallest absolute Gasteiger partial charge is 0.311 e. The fourth-order valence-corrected chi connectivity index (χ4v) is 1.79. The van der Waals surface area contributed by atoms with E-state index in [1.807, 2.05) is 112 Å². The highest BCUT2D eigenvalue weighted by molar-refractivity contribution is 5.76. The van der Waals surface area contributed by atoms with Crippen molar-refractivity contribution in [3.05, 3.63) is 66.0 Å². The van der Waals surface area contributed by atoms with E-state index in [-0.39, 0.29) is 0 Å². The molecule has 0 radical (unpaired) electrons. The van der Waals surface area contributed by atoms with E-state index < -0.39 is 11.9 Å². The molecule has 0 aliphatic carbocycles. The Morgan fingerprint density at radius 2 is 1.30 bits per heavy atom. The fourth-order valence-electron chi connectivity index (χ4n) is 1.79. The van der Waals surface area contributed by atoms with E-state index >= 15 is 0 Å². The monoisotopic (exact) mass is 377 g/mol. The van der Waals surface area contributed by atoms with Crippen LogP contribution in [-0.4, -0.2) is 16.1 Å². The molecule has 1 atom stereocenters. The van der Waals surface area contributed by atoms with Crippen LogP contribution in [0.4, 0.5) is 0 Å². The third-order valence-electron chi connectivity index (χ3n) is 2.66. The minimum absolute atomic E-state index is 0.465. The molecule has 1 N–H and O–H groups in total. The first kappa shape index (κ1) is 32.5. The standard InChI is InChI=1S/C14H13NO2.5C2H6/c16-14(17)13(12-6-2-1-3-7-12)9-11-5-4-8-15-10-11;5*1-2/h1-8,10,13H,9H2,(H,16,17);5*1-2H3. The number of pyridine rings is 1. The van der Waals surface area contributed by atoms with Crippen LogP contribution in [0.25, 0.3) is 0 Å². The molecule has 3 nitrogen and oxygen atoms in total. The predicted octanol–water partition coefficient (Wildman–Crippen LogP) is 7.62. The van der Waals surface area contributed by atoms with Gasteiger partial charge >= 0.3 is 5.97 Å². The van der Waals surface area contributed by atoms with E-state index in [1.165, 1.54) is 0 Å². The summed E-state index contributed by atoms with van der Waals surface area (Å²) < 4.78 is 0. The Hall–Kier alpha value is -2.16. The Bertz CT molecular complexity index is 484.